The van der Waals surface area contributed by atoms with Gasteiger partial charge in [0, 0.05) is 53.9 Å². The summed E-state index contributed by atoms with van der Waals surface area (Å²) in [7, 11) is -6.69. The second kappa shape index (κ2) is 16.0. The van der Waals surface area contributed by atoms with E-state index in [1.807, 2.05) is 60.7 Å². The molecular formula is C35H32N10O8S2. The van der Waals surface area contributed by atoms with Crippen LogP contribution in [0.1, 0.15) is 20.8 Å². The first kappa shape index (κ1) is 39.4. The van der Waals surface area contributed by atoms with Gasteiger partial charge in [0.2, 0.25) is 20.0 Å². The van der Waals surface area contributed by atoms with E-state index in [-0.39, 0.29) is 38.6 Å². The molecule has 0 saturated carbocycles. The van der Waals surface area contributed by atoms with Crippen LogP contribution in [0.15, 0.2) is 137 Å². The Morgan fingerprint density at radius 2 is 1.31 bits per heavy atom. The van der Waals surface area contributed by atoms with E-state index < -0.39 is 31.9 Å². The Balaban J connectivity index is 0.000000208. The number of ether oxygens (including phenoxy) is 1. The smallest absolute Gasteiger partial charge is 0.357 e. The third kappa shape index (κ3) is 8.70. The quantitative estimate of drug-likeness (QED) is 0.139. The summed E-state index contributed by atoms with van der Waals surface area (Å²) in [4.78, 5) is 47.3. The van der Waals surface area contributed by atoms with Gasteiger partial charge in [-0.15, -0.1) is 5.10 Å². The Morgan fingerprint density at radius 3 is 1.91 bits per heavy atom. The molecule has 5 aromatic heterocycles. The summed E-state index contributed by atoms with van der Waals surface area (Å²) in [6.45, 7) is 0. The monoisotopic (exact) mass is 784 g/mol. The highest BCUT2D eigenvalue weighted by molar-refractivity contribution is 7.89. The number of hydrogen-bond acceptors (Lipinski definition) is 12. The van der Waals surface area contributed by atoms with Crippen molar-refractivity contribution in [1.82, 2.24) is 35.4 Å². The molecule has 7 aromatic rings. The Labute approximate surface area is 313 Å². The second-order valence-electron chi connectivity index (χ2n) is 11.3. The number of benzene rings is 2. The number of pyridine rings is 2. The molecular weight excluding hydrogens is 753 g/mol. The number of H-pyrrole nitrogens is 1. The molecule has 0 atom stereocenters. The standard InChI is InChI=1S/C18H16N4O5S.C17H13N5O3S.H3N/c1-27-18(24)16-15(12-5-3-2-4-6-12)7-8-22(16)21-17(23)13-9-14(11-20-10-13)28(19,25)26;18-26(24,25)13-8-12(9-19-10-13)16-20-17(23)15-14(6-7-22(15)21-16)11-4-2-1-3-5-11;/h2-11H,1H3,(H,21,23)(H2,19,25,26);1-10H,(H2,18,24,25)(H,20,21,23);1H3. The normalized spacial score (nSPS) is 11.2. The molecule has 0 unspecified atom stereocenters. The highest BCUT2D eigenvalue weighted by atomic mass is 32.2. The van der Waals surface area contributed by atoms with Crippen LogP contribution in [0.2, 0.25) is 0 Å². The fourth-order valence-electron chi connectivity index (χ4n) is 5.27. The van der Waals surface area contributed by atoms with Gasteiger partial charge in [-0.1, -0.05) is 60.7 Å². The number of hydrogen-bond donors (Lipinski definition) is 5. The van der Waals surface area contributed by atoms with Gasteiger partial charge in [0.15, 0.2) is 11.5 Å². The van der Waals surface area contributed by atoms with Gasteiger partial charge in [-0.25, -0.2) is 36.4 Å². The number of nitrogens with zero attached hydrogens (tertiary/aromatic N) is 5. The molecule has 0 spiro atoms. The molecule has 7 rings (SSSR count). The fourth-order valence-corrected chi connectivity index (χ4v) is 6.27. The van der Waals surface area contributed by atoms with Gasteiger partial charge in [0.1, 0.15) is 15.3 Å². The summed E-state index contributed by atoms with van der Waals surface area (Å²) in [6.07, 6.45) is 7.93. The van der Waals surface area contributed by atoms with Crippen molar-refractivity contribution in [1.29, 1.82) is 0 Å². The van der Waals surface area contributed by atoms with Crippen molar-refractivity contribution in [3.05, 3.63) is 144 Å². The largest absolute Gasteiger partial charge is 0.464 e. The number of primary sulfonamides is 2. The zero-order valence-electron chi connectivity index (χ0n) is 28.7. The molecule has 2 aromatic carbocycles. The summed E-state index contributed by atoms with van der Waals surface area (Å²) in [5.41, 5.74) is 5.93. The Bertz CT molecular complexity index is 2810. The van der Waals surface area contributed by atoms with Crippen LogP contribution < -0.4 is 27.4 Å². The van der Waals surface area contributed by atoms with Gasteiger partial charge < -0.3 is 15.9 Å². The van der Waals surface area contributed by atoms with Gasteiger partial charge in [-0.05, 0) is 35.4 Å². The number of aromatic nitrogens is 6. The zero-order chi connectivity index (χ0) is 38.6. The third-order valence-electron chi connectivity index (χ3n) is 7.80. The van der Waals surface area contributed by atoms with Crippen LogP contribution in [0, 0.1) is 0 Å². The maximum absolute atomic E-state index is 12.6. The molecule has 9 N–H and O–H groups in total. The maximum Gasteiger partial charge on any atom is 0.357 e. The summed E-state index contributed by atoms with van der Waals surface area (Å²) < 4.78 is 53.4. The summed E-state index contributed by atoms with van der Waals surface area (Å²) in [6, 6.07) is 24.4. The third-order valence-corrected chi connectivity index (χ3v) is 9.56. The van der Waals surface area contributed by atoms with E-state index >= 15 is 0 Å². The minimum absolute atomic E-state index is 0. The number of fused-ring (bicyclic) bond motifs is 1. The van der Waals surface area contributed by atoms with Crippen molar-refractivity contribution in [2.75, 3.05) is 12.5 Å². The van der Waals surface area contributed by atoms with Gasteiger partial charge in [-0.2, -0.15) is 0 Å². The SMILES string of the molecule is COC(=O)c1c(-c2ccccc2)ccn1NC(=O)c1cncc(S(N)(=O)=O)c1.N.NS(=O)(=O)c1cncc(-c2nn3ccc(-c4ccccc4)c3c(=O)[nH]2)c1. The van der Waals surface area contributed by atoms with Gasteiger partial charge in [0.25, 0.3) is 11.5 Å². The minimum atomic E-state index is -4.01. The lowest BCUT2D eigenvalue weighted by Gasteiger charge is -2.11. The van der Waals surface area contributed by atoms with Crippen LogP contribution in [0.5, 0.6) is 0 Å². The predicted molar refractivity (Wildman–Crippen MR) is 201 cm³/mol. The molecule has 1 amide bonds. The number of carbonyl (C=O) groups is 2. The van der Waals surface area contributed by atoms with Gasteiger partial charge >= 0.3 is 5.97 Å². The molecule has 5 heterocycles. The van der Waals surface area contributed by atoms with Crippen LogP contribution in [0.25, 0.3) is 39.2 Å². The molecule has 0 aliphatic rings. The Morgan fingerprint density at radius 1 is 0.745 bits per heavy atom. The average molecular weight is 785 g/mol. The zero-order valence-corrected chi connectivity index (χ0v) is 30.4. The number of amides is 1. The molecule has 0 bridgehead atoms. The Hall–Kier alpha value is -6.84. The van der Waals surface area contributed by atoms with Crippen LogP contribution in [-0.2, 0) is 24.8 Å². The molecule has 20 heteroatoms. The first-order valence-corrected chi connectivity index (χ1v) is 18.6. The number of sulfonamides is 2. The maximum atomic E-state index is 12.6. The van der Waals surface area contributed by atoms with E-state index in [9.17, 15) is 31.2 Å². The fraction of sp³-hybridized carbons (Fsp3) is 0.0286. The molecule has 0 aliphatic heterocycles. The summed E-state index contributed by atoms with van der Waals surface area (Å²) in [5.74, 6) is -1.14. The van der Waals surface area contributed by atoms with E-state index in [2.05, 4.69) is 25.5 Å². The predicted octanol–water partition coefficient (Wildman–Crippen LogP) is 2.93. The van der Waals surface area contributed by atoms with Crippen molar-refractivity contribution < 1.29 is 31.2 Å². The van der Waals surface area contributed by atoms with E-state index in [4.69, 9.17) is 15.0 Å². The first-order valence-electron chi connectivity index (χ1n) is 15.5. The van der Waals surface area contributed by atoms with Crippen molar-refractivity contribution in [3.8, 4) is 33.6 Å². The number of nitrogens with one attached hydrogen (secondary N) is 2. The molecule has 0 aliphatic carbocycles. The Kier molecular flexibility index (Phi) is 11.5. The van der Waals surface area contributed by atoms with Crippen LogP contribution in [0.4, 0.5) is 0 Å². The van der Waals surface area contributed by atoms with Crippen molar-refractivity contribution in [2.24, 2.45) is 10.3 Å². The average Bonchev–Trinajstić information content (AvgIpc) is 3.80. The van der Waals surface area contributed by atoms with Crippen molar-refractivity contribution in [3.63, 3.8) is 0 Å². The highest BCUT2D eigenvalue weighted by Gasteiger charge is 2.22. The van der Waals surface area contributed by atoms with Crippen molar-refractivity contribution >= 4 is 37.4 Å². The first-order chi connectivity index (χ1) is 25.7. The summed E-state index contributed by atoms with van der Waals surface area (Å²) >= 11 is 0. The minimum Gasteiger partial charge on any atom is -0.464 e. The molecule has 55 heavy (non-hydrogen) atoms. The van der Waals surface area contributed by atoms with E-state index in [1.165, 1.54) is 41.0 Å². The van der Waals surface area contributed by atoms with Crippen LogP contribution >= 0.6 is 0 Å². The second-order valence-corrected chi connectivity index (χ2v) is 14.5. The van der Waals surface area contributed by atoms with Gasteiger partial charge in [0.05, 0.1) is 12.7 Å². The molecule has 18 nitrogen and oxygen atoms in total. The van der Waals surface area contributed by atoms with Crippen LogP contribution in [0.3, 0.4) is 0 Å². The number of methoxy groups -OCH3 is 1. The molecule has 0 fully saturated rings. The number of nitrogens with two attached hydrogens (primary N) is 2. The van der Waals surface area contributed by atoms with Crippen molar-refractivity contribution in [2.45, 2.75) is 9.79 Å². The van der Waals surface area contributed by atoms with E-state index in [0.717, 1.165) is 35.2 Å². The molecule has 0 radical (unpaired) electrons. The van der Waals surface area contributed by atoms with Gasteiger partial charge in [-0.3, -0.25) is 29.7 Å². The lowest BCUT2D eigenvalue weighted by molar-refractivity contribution is 0.0591. The lowest BCUT2D eigenvalue weighted by Crippen LogP contribution is -2.26. The van der Waals surface area contributed by atoms with Crippen LogP contribution in [-0.4, -0.2) is 65.1 Å². The van der Waals surface area contributed by atoms with E-state index in [1.54, 1.807) is 18.3 Å². The summed E-state index contributed by atoms with van der Waals surface area (Å²) in [5, 5.41) is 14.5. The number of rotatable bonds is 8. The lowest BCUT2D eigenvalue weighted by atomic mass is 10.1. The number of carbonyl (C=O) groups excluding carboxylic acids is 2. The highest BCUT2D eigenvalue weighted by Crippen LogP contribution is 2.26. The number of aromatic amines is 1. The number of esters is 1. The topological polar surface area (TPSA) is 292 Å². The van der Waals surface area contributed by atoms with E-state index in [0.29, 0.717) is 16.6 Å². The molecule has 0 saturated heterocycles. The molecule has 282 valence electrons.